The van der Waals surface area contributed by atoms with Crippen LogP contribution in [-0.2, 0) is 15.8 Å². The largest absolute Gasteiger partial charge is 0.356 e. The molecule has 2 aliphatic heterocycles. The van der Waals surface area contributed by atoms with Crippen LogP contribution in [-0.4, -0.2) is 29.6 Å². The Labute approximate surface area is 153 Å². The predicted molar refractivity (Wildman–Crippen MR) is 104 cm³/mol. The molecule has 2 saturated heterocycles. The molecule has 3 fully saturated rings. The van der Waals surface area contributed by atoms with E-state index in [-0.39, 0.29) is 16.6 Å². The summed E-state index contributed by atoms with van der Waals surface area (Å²) >= 11 is 0. The number of nitrogens with zero attached hydrogens (tertiary/aromatic N) is 1. The van der Waals surface area contributed by atoms with E-state index in [1.54, 1.807) is 0 Å². The molecule has 2 heteroatoms. The summed E-state index contributed by atoms with van der Waals surface area (Å²) in [6.07, 6.45) is 3.82. The molecule has 1 aliphatic carbocycles. The van der Waals surface area contributed by atoms with Crippen molar-refractivity contribution in [2.75, 3.05) is 13.1 Å². The maximum absolute atomic E-state index is 6.53. The predicted octanol–water partition coefficient (Wildman–Crippen LogP) is 5.11. The minimum absolute atomic E-state index is 0.00697. The van der Waals surface area contributed by atoms with Crippen molar-refractivity contribution in [3.05, 3.63) is 35.4 Å². The third-order valence-electron chi connectivity index (χ3n) is 7.11. The molecule has 138 valence electrons. The van der Waals surface area contributed by atoms with E-state index in [1.165, 1.54) is 43.5 Å². The van der Waals surface area contributed by atoms with Crippen molar-refractivity contribution >= 4 is 0 Å². The monoisotopic (exact) mass is 341 g/mol. The Morgan fingerprint density at radius 3 is 2.16 bits per heavy atom. The van der Waals surface area contributed by atoms with Gasteiger partial charge in [0, 0.05) is 19.1 Å². The van der Waals surface area contributed by atoms with Gasteiger partial charge in [0.2, 0.25) is 0 Å². The van der Waals surface area contributed by atoms with E-state index in [2.05, 4.69) is 70.7 Å². The Hall–Kier alpha value is -0.860. The second-order valence-electron chi connectivity index (χ2n) is 10.3. The number of likely N-dealkylation sites (tertiary alicyclic amines) is 1. The van der Waals surface area contributed by atoms with Crippen LogP contribution in [0.25, 0.3) is 0 Å². The van der Waals surface area contributed by atoms with Crippen molar-refractivity contribution in [2.45, 2.75) is 83.5 Å². The third kappa shape index (κ3) is 2.68. The van der Waals surface area contributed by atoms with Crippen molar-refractivity contribution in [2.24, 2.45) is 11.8 Å². The van der Waals surface area contributed by atoms with Crippen molar-refractivity contribution < 1.29 is 4.74 Å². The van der Waals surface area contributed by atoms with E-state index < -0.39 is 0 Å². The Bertz CT molecular complexity index is 631. The van der Waals surface area contributed by atoms with E-state index >= 15 is 0 Å². The van der Waals surface area contributed by atoms with Crippen LogP contribution in [0.4, 0.5) is 0 Å². The van der Waals surface area contributed by atoms with E-state index in [1.807, 2.05) is 0 Å². The van der Waals surface area contributed by atoms with E-state index in [0.717, 1.165) is 11.8 Å². The summed E-state index contributed by atoms with van der Waals surface area (Å²) in [4.78, 5) is 2.75. The van der Waals surface area contributed by atoms with Crippen LogP contribution in [0.1, 0.15) is 71.9 Å². The summed E-state index contributed by atoms with van der Waals surface area (Å²) in [5.74, 6) is 1.62. The molecule has 4 rings (SSSR count). The molecule has 0 amide bonds. The highest BCUT2D eigenvalue weighted by Gasteiger charge is 2.75. The molecule has 1 aromatic carbocycles. The SMILES string of the molecule is CC1C[C@H](C)CN([C@H]2CC[C@@]3(c4ccc(C(C)(C)C)cc4)O[C@@]23C)C1. The van der Waals surface area contributed by atoms with Crippen LogP contribution >= 0.6 is 0 Å². The molecule has 0 aromatic heterocycles. The summed E-state index contributed by atoms with van der Waals surface area (Å²) < 4.78 is 6.53. The molecule has 0 N–H and O–H groups in total. The normalized spacial score (nSPS) is 41.6. The zero-order valence-corrected chi connectivity index (χ0v) is 16.9. The molecule has 1 saturated carbocycles. The highest BCUT2D eigenvalue weighted by molar-refractivity contribution is 5.40. The van der Waals surface area contributed by atoms with Gasteiger partial charge in [-0.25, -0.2) is 0 Å². The molecule has 1 aromatic rings. The van der Waals surface area contributed by atoms with Gasteiger partial charge in [0.15, 0.2) is 0 Å². The maximum atomic E-state index is 6.53. The number of ether oxygens (including phenoxy) is 1. The topological polar surface area (TPSA) is 15.8 Å². The number of piperidine rings is 1. The van der Waals surface area contributed by atoms with Gasteiger partial charge in [-0.05, 0) is 54.6 Å². The van der Waals surface area contributed by atoms with Gasteiger partial charge in [-0.2, -0.15) is 0 Å². The minimum atomic E-state index is -0.0298. The van der Waals surface area contributed by atoms with Crippen LogP contribution in [0.3, 0.4) is 0 Å². The minimum Gasteiger partial charge on any atom is -0.356 e. The van der Waals surface area contributed by atoms with E-state index in [4.69, 9.17) is 4.74 Å². The number of fused-ring (bicyclic) bond motifs is 1. The van der Waals surface area contributed by atoms with Crippen molar-refractivity contribution in [3.8, 4) is 0 Å². The van der Waals surface area contributed by atoms with Gasteiger partial charge in [0.25, 0.3) is 0 Å². The summed E-state index contributed by atoms with van der Waals surface area (Å²) in [7, 11) is 0. The van der Waals surface area contributed by atoms with Gasteiger partial charge < -0.3 is 4.74 Å². The van der Waals surface area contributed by atoms with Gasteiger partial charge in [-0.1, -0.05) is 58.9 Å². The summed E-state index contributed by atoms with van der Waals surface area (Å²) in [6, 6.07) is 9.86. The molecule has 0 spiro atoms. The van der Waals surface area contributed by atoms with E-state index in [0.29, 0.717) is 6.04 Å². The number of hydrogen-bond acceptors (Lipinski definition) is 2. The highest BCUT2D eigenvalue weighted by Crippen LogP contribution is 2.67. The zero-order valence-electron chi connectivity index (χ0n) is 16.9. The molecule has 2 nitrogen and oxygen atoms in total. The molecule has 0 radical (unpaired) electrons. The standard InChI is InChI=1S/C23H35NO/c1-16-13-17(2)15-24(14-16)20-11-12-23(22(20,6)25-23)19-9-7-18(8-10-19)21(3,4)5/h7-10,16-17,20H,11-15H2,1-6H3/t16-,17?,20-,22-,23-/m0/s1. The number of hydrogen-bond donors (Lipinski definition) is 0. The first-order valence-electron chi connectivity index (χ1n) is 10.2. The van der Waals surface area contributed by atoms with Crippen molar-refractivity contribution in [1.29, 1.82) is 0 Å². The van der Waals surface area contributed by atoms with Crippen LogP contribution in [0.15, 0.2) is 24.3 Å². The van der Waals surface area contributed by atoms with Gasteiger partial charge in [-0.3, -0.25) is 4.90 Å². The first-order chi connectivity index (χ1) is 11.7. The fourth-order valence-corrected chi connectivity index (χ4v) is 5.81. The smallest absolute Gasteiger partial charge is 0.124 e. The molecule has 0 bridgehead atoms. The average Bonchev–Trinajstić information content (AvgIpc) is 3.02. The van der Waals surface area contributed by atoms with Gasteiger partial charge in [0.05, 0.1) is 0 Å². The zero-order chi connectivity index (χ0) is 18.0. The second-order valence-corrected chi connectivity index (χ2v) is 10.3. The summed E-state index contributed by atoms with van der Waals surface area (Å²) in [5.41, 5.74) is 2.99. The lowest BCUT2D eigenvalue weighted by Gasteiger charge is -2.40. The second kappa shape index (κ2) is 5.57. The number of benzene rings is 1. The van der Waals surface area contributed by atoms with Crippen molar-refractivity contribution in [1.82, 2.24) is 4.90 Å². The van der Waals surface area contributed by atoms with E-state index in [9.17, 15) is 0 Å². The Morgan fingerprint density at radius 2 is 1.64 bits per heavy atom. The lowest BCUT2D eigenvalue weighted by molar-refractivity contribution is 0.0464. The maximum Gasteiger partial charge on any atom is 0.124 e. The summed E-state index contributed by atoms with van der Waals surface area (Å²) in [5, 5.41) is 0. The molecular formula is C23H35NO. The Balaban J connectivity index is 1.56. The fourth-order valence-electron chi connectivity index (χ4n) is 5.81. The lowest BCUT2D eigenvalue weighted by atomic mass is 9.83. The molecule has 1 unspecified atom stereocenters. The average molecular weight is 342 g/mol. The third-order valence-corrected chi connectivity index (χ3v) is 7.11. The van der Waals surface area contributed by atoms with Crippen LogP contribution in [0, 0.1) is 11.8 Å². The molecular weight excluding hydrogens is 306 g/mol. The van der Waals surface area contributed by atoms with Crippen LogP contribution in [0.2, 0.25) is 0 Å². The highest BCUT2D eigenvalue weighted by atomic mass is 16.6. The van der Waals surface area contributed by atoms with Crippen LogP contribution < -0.4 is 0 Å². The van der Waals surface area contributed by atoms with Crippen LogP contribution in [0.5, 0.6) is 0 Å². The Kier molecular flexibility index (Phi) is 3.91. The number of epoxide rings is 1. The van der Waals surface area contributed by atoms with Gasteiger partial charge in [-0.15, -0.1) is 0 Å². The molecule has 5 atom stereocenters. The quantitative estimate of drug-likeness (QED) is 0.695. The lowest BCUT2D eigenvalue weighted by Crippen LogP contribution is -2.49. The molecule has 3 aliphatic rings. The van der Waals surface area contributed by atoms with Gasteiger partial charge >= 0.3 is 0 Å². The Morgan fingerprint density at radius 1 is 1.04 bits per heavy atom. The molecule has 25 heavy (non-hydrogen) atoms. The summed E-state index contributed by atoms with van der Waals surface area (Å²) in [6.45, 7) is 16.5. The van der Waals surface area contributed by atoms with Crippen molar-refractivity contribution in [3.63, 3.8) is 0 Å². The first-order valence-corrected chi connectivity index (χ1v) is 10.2. The van der Waals surface area contributed by atoms with Gasteiger partial charge in [0.1, 0.15) is 11.2 Å². The molecule has 2 heterocycles. The fraction of sp³-hybridized carbons (Fsp3) is 0.739. The number of rotatable bonds is 2. The first kappa shape index (κ1) is 17.5.